The Morgan fingerprint density at radius 2 is 1.56 bits per heavy atom. The Labute approximate surface area is 168 Å². The van der Waals surface area contributed by atoms with Gasteiger partial charge in [-0.05, 0) is 99.0 Å². The first-order valence-corrected chi connectivity index (χ1v) is 12.3. The molecule has 1 aromatic carbocycles. The molecule has 0 aliphatic heterocycles. The fourth-order valence-corrected chi connectivity index (χ4v) is 6.89. The van der Waals surface area contributed by atoms with Crippen LogP contribution in [-0.4, -0.2) is 0 Å². The Balaban J connectivity index is 1.27. The van der Waals surface area contributed by atoms with Crippen LogP contribution in [0.25, 0.3) is 0 Å². The molecular weight excluding hydrogens is 324 g/mol. The molecule has 0 radical (unpaired) electrons. The molecule has 0 amide bonds. The molecule has 2 saturated carbocycles. The van der Waals surface area contributed by atoms with Crippen LogP contribution in [0.15, 0.2) is 18.2 Å². The Bertz CT molecular complexity index is 600. The third-order valence-corrected chi connectivity index (χ3v) is 8.52. The second kappa shape index (κ2) is 9.15. The summed E-state index contributed by atoms with van der Waals surface area (Å²) in [7, 11) is 0. The summed E-state index contributed by atoms with van der Waals surface area (Å²) in [5.41, 5.74) is 4.78. The van der Waals surface area contributed by atoms with Crippen LogP contribution < -0.4 is 0 Å². The zero-order valence-corrected chi connectivity index (χ0v) is 18.0. The van der Waals surface area contributed by atoms with Crippen molar-refractivity contribution < 1.29 is 0 Å². The molecule has 3 aliphatic rings. The number of hydrogen-bond acceptors (Lipinski definition) is 0. The Morgan fingerprint density at radius 1 is 0.778 bits per heavy atom. The average molecular weight is 367 g/mol. The van der Waals surface area contributed by atoms with Gasteiger partial charge in [-0.25, -0.2) is 0 Å². The highest BCUT2D eigenvalue weighted by Gasteiger charge is 2.38. The summed E-state index contributed by atoms with van der Waals surface area (Å²) in [6.07, 6.45) is 20.9. The molecular formula is C27H42. The van der Waals surface area contributed by atoms with Crippen LogP contribution in [0.5, 0.6) is 0 Å². The lowest BCUT2D eigenvalue weighted by atomic mass is 9.61. The number of aryl methyl sites for hydroxylation is 2. The molecule has 0 heterocycles. The van der Waals surface area contributed by atoms with E-state index in [9.17, 15) is 0 Å². The van der Waals surface area contributed by atoms with Gasteiger partial charge in [-0.1, -0.05) is 69.2 Å². The first-order valence-electron chi connectivity index (χ1n) is 12.3. The molecule has 0 N–H and O–H groups in total. The van der Waals surface area contributed by atoms with Gasteiger partial charge in [-0.15, -0.1) is 0 Å². The van der Waals surface area contributed by atoms with Crippen LogP contribution in [0.3, 0.4) is 0 Å². The van der Waals surface area contributed by atoms with Crippen molar-refractivity contribution in [1.29, 1.82) is 0 Å². The quantitative estimate of drug-likeness (QED) is 0.449. The van der Waals surface area contributed by atoms with Crippen molar-refractivity contribution in [3.05, 3.63) is 34.9 Å². The predicted octanol–water partition coefficient (Wildman–Crippen LogP) is 7.90. The molecule has 27 heavy (non-hydrogen) atoms. The van der Waals surface area contributed by atoms with Gasteiger partial charge in [0.25, 0.3) is 0 Å². The zero-order chi connectivity index (χ0) is 18.6. The zero-order valence-electron chi connectivity index (χ0n) is 18.0. The van der Waals surface area contributed by atoms with Crippen molar-refractivity contribution >= 4 is 0 Å². The lowest BCUT2D eigenvalue weighted by Gasteiger charge is -2.45. The van der Waals surface area contributed by atoms with E-state index in [0.29, 0.717) is 0 Å². The first-order chi connectivity index (χ1) is 13.2. The minimum Gasteiger partial charge on any atom is -0.0654 e. The second-order valence-electron chi connectivity index (χ2n) is 10.4. The number of hydrogen-bond donors (Lipinski definition) is 0. The van der Waals surface area contributed by atoms with Gasteiger partial charge in [0.05, 0.1) is 0 Å². The van der Waals surface area contributed by atoms with E-state index in [-0.39, 0.29) is 0 Å². The third-order valence-electron chi connectivity index (χ3n) is 8.52. The van der Waals surface area contributed by atoms with E-state index in [0.717, 1.165) is 29.6 Å². The van der Waals surface area contributed by atoms with Crippen molar-refractivity contribution in [2.24, 2.45) is 29.6 Å². The molecule has 0 spiro atoms. The largest absolute Gasteiger partial charge is 0.0654 e. The van der Waals surface area contributed by atoms with E-state index in [2.05, 4.69) is 32.0 Å². The van der Waals surface area contributed by atoms with E-state index in [1.54, 1.807) is 43.2 Å². The summed E-state index contributed by atoms with van der Waals surface area (Å²) in [6, 6.07) is 7.22. The predicted molar refractivity (Wildman–Crippen MR) is 117 cm³/mol. The molecule has 0 saturated heterocycles. The van der Waals surface area contributed by atoms with Crippen molar-refractivity contribution in [1.82, 2.24) is 0 Å². The topological polar surface area (TPSA) is 0 Å². The minimum atomic E-state index is 0.980. The summed E-state index contributed by atoms with van der Waals surface area (Å²) in [5, 5.41) is 0. The van der Waals surface area contributed by atoms with Crippen LogP contribution in [0.2, 0.25) is 0 Å². The summed E-state index contributed by atoms with van der Waals surface area (Å²) in [5.74, 6) is 5.25. The molecule has 0 heteroatoms. The second-order valence-corrected chi connectivity index (χ2v) is 10.4. The summed E-state index contributed by atoms with van der Waals surface area (Å²) in [6.45, 7) is 4.57. The molecule has 4 rings (SSSR count). The van der Waals surface area contributed by atoms with Gasteiger partial charge in [-0.3, -0.25) is 0 Å². The highest BCUT2D eigenvalue weighted by atomic mass is 14.4. The summed E-state index contributed by atoms with van der Waals surface area (Å²) in [4.78, 5) is 0. The standard InChI is InChI=1S/C27H42/c1-3-4-5-6-7-21-9-11-25-19-27(15-13-23(25)17-21)26-14-12-22-16-20(2)8-10-24(22)18-26/h8,10,16,21,23,25-27H,3-7,9,11-15,17-19H2,1-2H3/t21-,23?,25-,26?,27?/m1/s1. The Hall–Kier alpha value is -0.780. The van der Waals surface area contributed by atoms with Gasteiger partial charge < -0.3 is 0 Å². The third kappa shape index (κ3) is 4.80. The number of fused-ring (bicyclic) bond motifs is 2. The average Bonchev–Trinajstić information content (AvgIpc) is 2.70. The van der Waals surface area contributed by atoms with Gasteiger partial charge in [0, 0.05) is 0 Å². The summed E-state index contributed by atoms with van der Waals surface area (Å²) >= 11 is 0. The summed E-state index contributed by atoms with van der Waals surface area (Å²) < 4.78 is 0. The molecule has 0 aromatic heterocycles. The highest BCUT2D eigenvalue weighted by molar-refractivity contribution is 5.33. The lowest BCUT2D eigenvalue weighted by Crippen LogP contribution is -2.35. The Kier molecular flexibility index (Phi) is 6.62. The molecule has 1 aromatic rings. The SMILES string of the molecule is CCCCCC[C@@H]1CC[C@@H]2CC(C3CCc4cc(C)ccc4C3)CCC2C1. The lowest BCUT2D eigenvalue weighted by molar-refractivity contribution is 0.0690. The Morgan fingerprint density at radius 3 is 2.41 bits per heavy atom. The van der Waals surface area contributed by atoms with Crippen LogP contribution in [0.1, 0.15) is 101 Å². The maximum absolute atomic E-state index is 2.45. The maximum Gasteiger partial charge on any atom is -0.0245 e. The van der Waals surface area contributed by atoms with Gasteiger partial charge >= 0.3 is 0 Å². The van der Waals surface area contributed by atoms with Crippen molar-refractivity contribution in [3.63, 3.8) is 0 Å². The van der Waals surface area contributed by atoms with Crippen molar-refractivity contribution in [2.75, 3.05) is 0 Å². The molecule has 5 atom stereocenters. The van der Waals surface area contributed by atoms with E-state index in [1.807, 2.05) is 0 Å². The highest BCUT2D eigenvalue weighted by Crippen LogP contribution is 2.49. The maximum atomic E-state index is 2.45. The molecule has 0 bridgehead atoms. The van der Waals surface area contributed by atoms with Gasteiger partial charge in [0.15, 0.2) is 0 Å². The van der Waals surface area contributed by atoms with Crippen LogP contribution in [0, 0.1) is 36.5 Å². The number of rotatable bonds is 6. The normalized spacial score (nSPS) is 33.3. The first kappa shape index (κ1) is 19.5. The van der Waals surface area contributed by atoms with Crippen LogP contribution in [-0.2, 0) is 12.8 Å². The monoisotopic (exact) mass is 366 g/mol. The smallest absolute Gasteiger partial charge is 0.0245 e. The number of unbranched alkanes of at least 4 members (excludes halogenated alkanes) is 3. The molecule has 150 valence electrons. The number of benzene rings is 1. The molecule has 3 aliphatic carbocycles. The van der Waals surface area contributed by atoms with Crippen LogP contribution in [0.4, 0.5) is 0 Å². The van der Waals surface area contributed by atoms with E-state index >= 15 is 0 Å². The van der Waals surface area contributed by atoms with Gasteiger partial charge in [0.1, 0.15) is 0 Å². The van der Waals surface area contributed by atoms with Crippen molar-refractivity contribution in [3.8, 4) is 0 Å². The fraction of sp³-hybridized carbons (Fsp3) is 0.778. The van der Waals surface area contributed by atoms with E-state index in [1.165, 1.54) is 63.4 Å². The van der Waals surface area contributed by atoms with Gasteiger partial charge in [0.2, 0.25) is 0 Å². The molecule has 3 unspecified atom stereocenters. The van der Waals surface area contributed by atoms with E-state index in [4.69, 9.17) is 0 Å². The van der Waals surface area contributed by atoms with Crippen molar-refractivity contribution in [2.45, 2.75) is 104 Å². The van der Waals surface area contributed by atoms with Gasteiger partial charge in [-0.2, -0.15) is 0 Å². The minimum absolute atomic E-state index is 0.980. The molecule has 2 fully saturated rings. The van der Waals surface area contributed by atoms with Crippen LogP contribution >= 0.6 is 0 Å². The van der Waals surface area contributed by atoms with E-state index < -0.39 is 0 Å². The fourth-order valence-electron chi connectivity index (χ4n) is 6.89. The molecule has 0 nitrogen and oxygen atoms in total.